The van der Waals surface area contributed by atoms with E-state index in [1.54, 1.807) is 89.1 Å². The van der Waals surface area contributed by atoms with Crippen LogP contribution in [0.2, 0.25) is 0 Å². The number of benzene rings is 14. The zero-order valence-electron chi connectivity index (χ0n) is 63.3. The molecule has 6 unspecified atom stereocenters. The van der Waals surface area contributed by atoms with E-state index >= 15 is 0 Å². The van der Waals surface area contributed by atoms with Crippen LogP contribution in [0.5, 0.6) is 46.0 Å². The standard InChI is InChI=1S/C30H30O4.C30H26O2.C26H18O4.C14H10O2/c1-19-11-9-17-25(33-3)27(19)29(31)21-13-5-7-15-23(21)30(32,24-16-8-6-14-22(24)29)28-20(2)12-10-18-26(28)34-4;1-19-11-9-17-25(31-3)27(19)29-21-13-5-7-15-23(21)30(24-16-8-6-14-22(24)29)28-20(2)12-10-18-26(28)32-4;27-19-11-5-12-20(28)25(19)23-15-7-1-2-8-16(15)24(18-10-4-3-9-17(18)23)26-21(29)13-6-14-22(26)30;15-13-9-5-1-2-6-10(9)14(16)12-8-4-3-7-11(12)13/h5-18,21,23,31-32H,1-4H3;5-18H,1-4H3;1-14,27-30H;1-10H. The van der Waals surface area contributed by atoms with Crippen molar-refractivity contribution in [1.82, 2.24) is 0 Å². The minimum atomic E-state index is -1.42. The van der Waals surface area contributed by atoms with E-state index in [1.807, 2.05) is 184 Å². The van der Waals surface area contributed by atoms with E-state index in [0.717, 1.165) is 66.4 Å². The third-order valence-corrected chi connectivity index (χ3v) is 22.5. The average molecular weight is 1480 g/mol. The lowest BCUT2D eigenvalue weighted by Gasteiger charge is -2.53. The van der Waals surface area contributed by atoms with Crippen LogP contribution in [-0.2, 0) is 11.2 Å². The molecule has 556 valence electrons. The Balaban J connectivity index is 0.000000121. The Morgan fingerprint density at radius 1 is 0.268 bits per heavy atom. The summed E-state index contributed by atoms with van der Waals surface area (Å²) in [6.45, 7) is 8.28. The molecule has 6 N–H and O–H groups in total. The number of rotatable bonds is 10. The molecule has 4 aliphatic rings. The fourth-order valence-electron chi connectivity index (χ4n) is 17.7. The van der Waals surface area contributed by atoms with Crippen molar-refractivity contribution in [3.8, 4) is 90.5 Å². The maximum atomic E-state index is 12.8. The minimum absolute atomic E-state index is 0.0246. The van der Waals surface area contributed by atoms with Crippen LogP contribution < -0.4 is 18.9 Å². The summed E-state index contributed by atoms with van der Waals surface area (Å²) < 4.78 is 23.2. The van der Waals surface area contributed by atoms with Gasteiger partial charge in [0.25, 0.3) is 0 Å². The quantitative estimate of drug-likeness (QED) is 0.0711. The van der Waals surface area contributed by atoms with Gasteiger partial charge in [0.1, 0.15) is 57.2 Å². The summed E-state index contributed by atoms with van der Waals surface area (Å²) in [5, 5.41) is 75.9. The van der Waals surface area contributed by atoms with Crippen molar-refractivity contribution in [2.75, 3.05) is 28.4 Å². The second kappa shape index (κ2) is 30.7. The van der Waals surface area contributed by atoms with E-state index in [0.29, 0.717) is 56.0 Å². The Morgan fingerprint density at radius 2 is 0.518 bits per heavy atom. The molecule has 0 saturated carbocycles. The number of allylic oxidation sites excluding steroid dienone is 6. The second-order valence-corrected chi connectivity index (χ2v) is 28.6. The van der Waals surface area contributed by atoms with Crippen LogP contribution in [0.25, 0.3) is 87.6 Å². The summed E-state index contributed by atoms with van der Waals surface area (Å²) in [4.78, 5) is 24.3. The normalized spacial score (nSPS) is 18.2. The van der Waals surface area contributed by atoms with Crippen LogP contribution in [-0.4, -0.2) is 70.6 Å². The average Bonchev–Trinajstić information content (AvgIpc) is 0.745. The van der Waals surface area contributed by atoms with Gasteiger partial charge in [0, 0.05) is 67.5 Å². The maximum Gasteiger partial charge on any atom is 0.171 e. The molecule has 14 aromatic carbocycles. The SMILES string of the molecule is COc1cccc(C)c1-c1c2ccccc2c(-c2c(C)cccc2OC)c2ccccc12.COc1cccc(C)c1C1(O)c2ccccc2C(O)(c2c(C)cccc2OC)C2C=CC=CC21.O=C1c2ccccc2C(=O)C2C=CC=CC12.Oc1cccc(O)c1-c1c2ccccc2c(-c2c(O)cccc2O)c2ccccc12. The van der Waals surface area contributed by atoms with Gasteiger partial charge in [0.15, 0.2) is 11.6 Å². The number of phenolic OH excluding ortho intramolecular Hbond substituents is 4. The molecule has 6 atom stereocenters. The van der Waals surface area contributed by atoms with Gasteiger partial charge in [-0.2, -0.15) is 0 Å². The summed E-state index contributed by atoms with van der Waals surface area (Å²) >= 11 is 0. The lowest BCUT2D eigenvalue weighted by Crippen LogP contribution is -2.54. The van der Waals surface area contributed by atoms with E-state index in [4.69, 9.17) is 18.9 Å². The number of methoxy groups -OCH3 is 4. The molecule has 4 aliphatic carbocycles. The van der Waals surface area contributed by atoms with Gasteiger partial charge in [-0.1, -0.05) is 255 Å². The van der Waals surface area contributed by atoms with Gasteiger partial charge >= 0.3 is 0 Å². The Kier molecular flexibility index (Phi) is 20.3. The van der Waals surface area contributed by atoms with Crippen molar-refractivity contribution in [3.05, 3.63) is 359 Å². The van der Waals surface area contributed by atoms with Crippen molar-refractivity contribution in [2.24, 2.45) is 23.7 Å². The van der Waals surface area contributed by atoms with E-state index in [-0.39, 0.29) is 46.4 Å². The maximum absolute atomic E-state index is 12.8. The van der Waals surface area contributed by atoms with Crippen molar-refractivity contribution in [2.45, 2.75) is 38.9 Å². The fourth-order valence-corrected chi connectivity index (χ4v) is 17.7. The molecular formula is C100H84O12. The van der Waals surface area contributed by atoms with Gasteiger partial charge < -0.3 is 49.6 Å². The first-order chi connectivity index (χ1) is 54.4. The van der Waals surface area contributed by atoms with Crippen molar-refractivity contribution in [1.29, 1.82) is 0 Å². The third-order valence-electron chi connectivity index (χ3n) is 22.5. The minimum Gasteiger partial charge on any atom is -0.507 e. The predicted molar refractivity (Wildman–Crippen MR) is 447 cm³/mol. The number of carbonyl (C=O) groups is 2. The molecular weight excluding hydrogens is 1390 g/mol. The van der Waals surface area contributed by atoms with Crippen LogP contribution in [0.1, 0.15) is 65.2 Å². The summed E-state index contributed by atoms with van der Waals surface area (Å²) in [6, 6.07) is 80.6. The largest absolute Gasteiger partial charge is 0.507 e. The summed E-state index contributed by atoms with van der Waals surface area (Å²) in [5.41, 5.74) is 12.1. The van der Waals surface area contributed by atoms with Crippen molar-refractivity contribution in [3.63, 3.8) is 0 Å². The molecule has 0 radical (unpaired) electrons. The van der Waals surface area contributed by atoms with Crippen LogP contribution >= 0.6 is 0 Å². The Morgan fingerprint density at radius 3 is 0.821 bits per heavy atom. The molecule has 0 bridgehead atoms. The predicted octanol–water partition coefficient (Wildman–Crippen LogP) is 21.7. The van der Waals surface area contributed by atoms with Crippen LogP contribution in [0.4, 0.5) is 0 Å². The Hall–Kier alpha value is -13.3. The van der Waals surface area contributed by atoms with E-state index < -0.39 is 23.0 Å². The summed E-state index contributed by atoms with van der Waals surface area (Å²) in [6.07, 6.45) is 15.2. The second-order valence-electron chi connectivity index (χ2n) is 28.6. The molecule has 112 heavy (non-hydrogen) atoms. The number of ether oxygens (including phenoxy) is 4. The highest BCUT2D eigenvalue weighted by molar-refractivity contribution is 6.25. The summed E-state index contributed by atoms with van der Waals surface area (Å²) in [5.74, 6) is 1.55. The van der Waals surface area contributed by atoms with Crippen LogP contribution in [0.15, 0.2) is 303 Å². The molecule has 12 nitrogen and oxygen atoms in total. The number of aromatic hydroxyl groups is 4. The Bertz CT molecular complexity index is 5670. The first-order valence-electron chi connectivity index (χ1n) is 37.3. The molecule has 12 heteroatoms. The van der Waals surface area contributed by atoms with Gasteiger partial charge in [-0.15, -0.1) is 0 Å². The number of phenols is 4. The number of hydrogen-bond donors (Lipinski definition) is 6. The van der Waals surface area contributed by atoms with Gasteiger partial charge in [-0.3, -0.25) is 9.59 Å². The van der Waals surface area contributed by atoms with Crippen LogP contribution in [0.3, 0.4) is 0 Å². The molecule has 18 rings (SSSR count). The molecule has 0 aromatic heterocycles. The zero-order chi connectivity index (χ0) is 78.3. The smallest absolute Gasteiger partial charge is 0.171 e. The molecule has 0 fully saturated rings. The van der Waals surface area contributed by atoms with Gasteiger partial charge in [-0.05, 0) is 153 Å². The first-order valence-corrected chi connectivity index (χ1v) is 37.3. The zero-order valence-corrected chi connectivity index (χ0v) is 63.3. The fraction of sp³-hybridized carbons (Fsp3) is 0.140. The molecule has 0 aliphatic heterocycles. The topological polar surface area (TPSA) is 192 Å². The number of aliphatic hydroxyl groups is 2. The van der Waals surface area contributed by atoms with Gasteiger partial charge in [0.05, 0.1) is 51.4 Å². The number of fused-ring (bicyclic) bond motifs is 8. The molecule has 14 aromatic rings. The Labute approximate surface area is 650 Å². The lowest BCUT2D eigenvalue weighted by molar-refractivity contribution is -0.0736. The summed E-state index contributed by atoms with van der Waals surface area (Å²) in [7, 11) is 6.74. The highest BCUT2D eigenvalue weighted by atomic mass is 16.5. The van der Waals surface area contributed by atoms with Crippen molar-refractivity contribution < 1.29 is 59.2 Å². The number of aryl methyl sites for hydroxylation is 4. The first kappa shape index (κ1) is 74.2. The highest BCUT2D eigenvalue weighted by Gasteiger charge is 2.60. The number of hydrogen-bond acceptors (Lipinski definition) is 12. The lowest BCUT2D eigenvalue weighted by atomic mass is 9.54. The number of carbonyl (C=O) groups excluding carboxylic acids is 2. The van der Waals surface area contributed by atoms with Gasteiger partial charge in [-0.25, -0.2) is 0 Å². The number of Topliss-reactive ketones (excluding diaryl/α,β-unsaturated/α-hetero) is 2. The molecule has 0 spiro atoms. The van der Waals surface area contributed by atoms with Gasteiger partial charge in [0.2, 0.25) is 0 Å². The van der Waals surface area contributed by atoms with E-state index in [9.17, 15) is 40.2 Å². The van der Waals surface area contributed by atoms with E-state index in [2.05, 4.69) is 86.6 Å². The highest BCUT2D eigenvalue weighted by Crippen LogP contribution is 2.61. The molecule has 0 amide bonds. The third kappa shape index (κ3) is 12.5. The monoisotopic (exact) mass is 1480 g/mol. The van der Waals surface area contributed by atoms with Crippen LogP contribution in [0, 0.1) is 51.4 Å². The molecule has 0 saturated heterocycles. The number of ketones is 2. The molecule has 0 heterocycles. The van der Waals surface area contributed by atoms with Crippen molar-refractivity contribution >= 4 is 54.7 Å². The van der Waals surface area contributed by atoms with E-state index in [1.165, 1.54) is 43.8 Å².